The summed E-state index contributed by atoms with van der Waals surface area (Å²) in [5.41, 5.74) is 2.02. The number of fused-ring (bicyclic) bond motifs is 10. The van der Waals surface area contributed by atoms with E-state index in [1.165, 1.54) is 0 Å². The number of carbonyl (C=O) groups is 1. The van der Waals surface area contributed by atoms with Gasteiger partial charge in [-0.25, -0.2) is 0 Å². The van der Waals surface area contributed by atoms with Crippen LogP contribution in [0.5, 0.6) is 0 Å². The summed E-state index contributed by atoms with van der Waals surface area (Å²) in [6, 6.07) is 0. The summed E-state index contributed by atoms with van der Waals surface area (Å²) in [4.78, 5) is 14.6. The number of aliphatic hydroxyl groups excluding tert-OH is 2. The van der Waals surface area contributed by atoms with Gasteiger partial charge in [-0.15, -0.1) is 0 Å². The maximum absolute atomic E-state index is 14.6. The van der Waals surface area contributed by atoms with Crippen LogP contribution in [0.2, 0.25) is 0 Å². The molecule has 19 heteroatoms. The molecule has 16 saturated heterocycles. The molecule has 78 heavy (non-hydrogen) atoms. The first kappa shape index (κ1) is 53.0. The fourth-order valence-electron chi connectivity index (χ4n) is 18.0. The summed E-state index contributed by atoms with van der Waals surface area (Å²) < 4.78 is 102. The normalized spacial score (nSPS) is 60.0. The SMILES string of the molecule is C=C1CC2CC[C@@]34OC5[C@H]6O[C@H](CC[C@@H]6O[C@H]6C(O3)[C@](O)(O[C@@H]56)[C@H]4O)CC(=O)O[C@@H]3[C@@H](C)[C@@H]4O[C@@H]5C[C@@]6(C[C@@H]7O[C@]8(C[C@H](C)[C@@H]9O[C@H](CC)[C@H](O)C[C@@H]9O8)C[C@H](C)[C@@H]7O6)OC5C[C@@H]4O[C@H]3CC3O[C@@H](CCC1O2)C[C@@H](C)C3=C. The second-order valence-corrected chi connectivity index (χ2v) is 27.1. The summed E-state index contributed by atoms with van der Waals surface area (Å²) in [6.07, 6.45) is -1.58. The second-order valence-electron chi connectivity index (χ2n) is 27.1. The van der Waals surface area contributed by atoms with Crippen LogP contribution in [0.15, 0.2) is 24.3 Å². The Balaban J connectivity index is 0.674. The Bertz CT molecular complexity index is 2360. The molecule has 12 bridgehead atoms. The molecule has 16 rings (SSSR count). The smallest absolute Gasteiger partial charge is 0.308 e. The Hall–Kier alpha value is -1.73. The van der Waals surface area contributed by atoms with Gasteiger partial charge in [-0.1, -0.05) is 47.8 Å². The first-order valence-corrected chi connectivity index (χ1v) is 30.4. The van der Waals surface area contributed by atoms with E-state index in [-0.39, 0.29) is 110 Å². The molecule has 0 aromatic heterocycles. The number of ether oxygens (including phenoxy) is 15. The molecule has 3 N–H and O–H groups in total. The van der Waals surface area contributed by atoms with Crippen molar-refractivity contribution < 1.29 is 91.2 Å². The van der Waals surface area contributed by atoms with Crippen molar-refractivity contribution in [3.05, 3.63) is 24.3 Å². The number of carbonyl (C=O) groups excluding carboxylic acids is 1. The molecule has 434 valence electrons. The topological polar surface area (TPSA) is 216 Å². The fraction of sp³-hybridized carbons (Fsp3) is 0.915. The van der Waals surface area contributed by atoms with Crippen molar-refractivity contribution in [3.8, 4) is 0 Å². The van der Waals surface area contributed by atoms with Crippen LogP contribution in [0.25, 0.3) is 0 Å². The third-order valence-electron chi connectivity index (χ3n) is 21.9. The zero-order valence-electron chi connectivity index (χ0n) is 46.0. The zero-order valence-corrected chi connectivity index (χ0v) is 46.0. The highest BCUT2D eigenvalue weighted by Crippen LogP contribution is 2.59. The van der Waals surface area contributed by atoms with E-state index in [4.69, 9.17) is 71.1 Å². The highest BCUT2D eigenvalue weighted by molar-refractivity contribution is 5.70. The lowest BCUT2D eigenvalue weighted by Gasteiger charge is -2.54. The Kier molecular flexibility index (Phi) is 13.0. The first-order chi connectivity index (χ1) is 37.4. The van der Waals surface area contributed by atoms with Gasteiger partial charge in [-0.05, 0) is 80.3 Å². The summed E-state index contributed by atoms with van der Waals surface area (Å²) in [5.74, 6) is -5.50. The molecule has 16 fully saturated rings. The van der Waals surface area contributed by atoms with Crippen LogP contribution >= 0.6 is 0 Å². The van der Waals surface area contributed by atoms with Crippen molar-refractivity contribution >= 4 is 5.97 Å². The Morgan fingerprint density at radius 2 is 1.24 bits per heavy atom. The first-order valence-electron chi connectivity index (χ1n) is 30.4. The lowest BCUT2D eigenvalue weighted by atomic mass is 9.78. The summed E-state index contributed by atoms with van der Waals surface area (Å²) >= 11 is 0. The van der Waals surface area contributed by atoms with Crippen molar-refractivity contribution in [3.63, 3.8) is 0 Å². The molecule has 0 aromatic carbocycles. The van der Waals surface area contributed by atoms with Gasteiger partial charge in [0.1, 0.15) is 36.6 Å². The number of rotatable bonds is 1. The third kappa shape index (κ3) is 8.45. The quantitative estimate of drug-likeness (QED) is 0.236. The van der Waals surface area contributed by atoms with Crippen molar-refractivity contribution in [2.45, 2.75) is 313 Å². The van der Waals surface area contributed by atoms with E-state index < -0.39 is 102 Å². The van der Waals surface area contributed by atoms with Crippen LogP contribution in [0.4, 0.5) is 0 Å². The molecule has 3 spiro atoms. The number of aliphatic hydroxyl groups is 3. The van der Waals surface area contributed by atoms with Gasteiger partial charge in [0.05, 0.1) is 110 Å². The second kappa shape index (κ2) is 19.1. The van der Waals surface area contributed by atoms with Crippen molar-refractivity contribution in [2.24, 2.45) is 23.7 Å². The monoisotopic (exact) mass is 1100 g/mol. The minimum absolute atomic E-state index is 0.0226. The van der Waals surface area contributed by atoms with Gasteiger partial charge in [-0.3, -0.25) is 4.79 Å². The van der Waals surface area contributed by atoms with Crippen LogP contribution in [0, 0.1) is 23.7 Å². The van der Waals surface area contributed by atoms with Gasteiger partial charge in [0.2, 0.25) is 11.6 Å². The van der Waals surface area contributed by atoms with Gasteiger partial charge < -0.3 is 86.4 Å². The minimum atomic E-state index is -2.02. The molecule has 0 amide bonds. The molecule has 0 aromatic rings. The van der Waals surface area contributed by atoms with Crippen LogP contribution < -0.4 is 0 Å². The maximum Gasteiger partial charge on any atom is 0.308 e. The third-order valence-corrected chi connectivity index (χ3v) is 21.9. The molecule has 0 radical (unpaired) electrons. The van der Waals surface area contributed by atoms with E-state index in [1.54, 1.807) is 0 Å². The predicted molar refractivity (Wildman–Crippen MR) is 269 cm³/mol. The molecule has 0 aliphatic carbocycles. The van der Waals surface area contributed by atoms with Gasteiger partial charge in [0.25, 0.3) is 0 Å². The number of hydrogen-bond donors (Lipinski definition) is 3. The Morgan fingerprint density at radius 1 is 0.538 bits per heavy atom. The Labute approximate surface area is 457 Å². The zero-order chi connectivity index (χ0) is 53.5. The molecular weight excluding hydrogens is 1010 g/mol. The van der Waals surface area contributed by atoms with Gasteiger partial charge >= 0.3 is 5.97 Å². The van der Waals surface area contributed by atoms with Crippen molar-refractivity contribution in [2.75, 3.05) is 0 Å². The van der Waals surface area contributed by atoms with E-state index >= 15 is 0 Å². The average molecular weight is 1100 g/mol. The largest absolute Gasteiger partial charge is 0.459 e. The maximum atomic E-state index is 14.6. The van der Waals surface area contributed by atoms with Crippen molar-refractivity contribution in [1.29, 1.82) is 0 Å². The molecule has 16 aliphatic rings. The van der Waals surface area contributed by atoms with Gasteiger partial charge in [0, 0.05) is 57.3 Å². The summed E-state index contributed by atoms with van der Waals surface area (Å²) in [7, 11) is 0. The molecule has 19 nitrogen and oxygen atoms in total. The highest BCUT2D eigenvalue weighted by atomic mass is 16.8. The standard InChI is InChI=1S/C59H84O19/c1-8-35-34(60)18-42-46(68-35)27(4)21-56(73-42)22-28(5)47-44(74-56)24-57(75-47)23-43-39(72-57)20-41-48(70-43)30(7)49-40(67-41)19-38-29(6)25(2)15-31(65-38)9-11-36-26(3)16-33(64-36)13-14-58-55(62)59(63)54(78-58)53-52(77-59)51(76-58)50-37(69-53)12-10-32(66-50)17-45(61)71-49/h25,27-28,30-44,46-55,60,62-63H,3,6,8-24H2,1-2,4-5,7H3/t25-,27+,28+,30+,31+,32-,33?,34-,35-,36?,37+,38?,39?,40+,41+,42+,43-,44+,46+,47+,48+,49-,50+,51?,52+,53-,54?,55+,56-,57-,58-,59+/m1/s1. The highest BCUT2D eigenvalue weighted by Gasteiger charge is 2.79. The van der Waals surface area contributed by atoms with Gasteiger partial charge in [0.15, 0.2) is 17.7 Å². The molecule has 32 atom stereocenters. The van der Waals surface area contributed by atoms with E-state index in [9.17, 15) is 20.1 Å². The van der Waals surface area contributed by atoms with Crippen LogP contribution in [0.3, 0.4) is 0 Å². The predicted octanol–water partition coefficient (Wildman–Crippen LogP) is 4.88. The molecule has 16 heterocycles. The van der Waals surface area contributed by atoms with Gasteiger partial charge in [-0.2, -0.15) is 0 Å². The van der Waals surface area contributed by atoms with E-state index in [2.05, 4.69) is 47.8 Å². The Morgan fingerprint density at radius 3 is 2.08 bits per heavy atom. The van der Waals surface area contributed by atoms with E-state index in [1.807, 2.05) is 0 Å². The average Bonchev–Trinajstić information content (AvgIpc) is 3.90. The summed E-state index contributed by atoms with van der Waals surface area (Å²) in [5, 5.41) is 34.7. The summed E-state index contributed by atoms with van der Waals surface area (Å²) in [6.45, 7) is 19.8. The van der Waals surface area contributed by atoms with Crippen LogP contribution in [-0.2, 0) is 75.8 Å². The molecule has 16 aliphatic heterocycles. The van der Waals surface area contributed by atoms with E-state index in [0.29, 0.717) is 70.6 Å². The van der Waals surface area contributed by atoms with Crippen LogP contribution in [0.1, 0.15) is 144 Å². The lowest BCUT2D eigenvalue weighted by molar-refractivity contribution is -0.371. The molecule has 0 saturated carbocycles. The minimum Gasteiger partial charge on any atom is -0.459 e. The number of hydrogen-bond acceptors (Lipinski definition) is 19. The lowest BCUT2D eigenvalue weighted by Crippen LogP contribution is -2.63. The van der Waals surface area contributed by atoms with Crippen LogP contribution in [-0.4, -0.2) is 191 Å². The molecular formula is C59H84O19. The van der Waals surface area contributed by atoms with Crippen molar-refractivity contribution in [1.82, 2.24) is 0 Å². The molecule has 6 unspecified atom stereocenters. The van der Waals surface area contributed by atoms with E-state index in [0.717, 1.165) is 36.8 Å². The number of esters is 1. The fourth-order valence-corrected chi connectivity index (χ4v) is 18.0.